The van der Waals surface area contributed by atoms with Gasteiger partial charge in [0.2, 0.25) is 5.91 Å². The summed E-state index contributed by atoms with van der Waals surface area (Å²) in [6.07, 6.45) is 12.1. The first-order chi connectivity index (χ1) is 20.6. The third kappa shape index (κ3) is 4.85. The van der Waals surface area contributed by atoms with E-state index in [4.69, 9.17) is 4.74 Å². The molecule has 9 nitrogen and oxygen atoms in total. The lowest BCUT2D eigenvalue weighted by Gasteiger charge is -2.20. The molecular weight excluding hydrogens is 533 g/mol. The third-order valence-electron chi connectivity index (χ3n) is 7.94. The van der Waals surface area contributed by atoms with Gasteiger partial charge < -0.3 is 15.0 Å². The van der Waals surface area contributed by atoms with E-state index in [2.05, 4.69) is 35.5 Å². The Labute approximate surface area is 240 Å². The van der Waals surface area contributed by atoms with E-state index in [1.165, 1.54) is 25.7 Å². The van der Waals surface area contributed by atoms with Crippen LogP contribution in [0.3, 0.4) is 0 Å². The molecule has 5 heterocycles. The van der Waals surface area contributed by atoms with Crippen molar-refractivity contribution >= 4 is 33.7 Å². The fourth-order valence-corrected chi connectivity index (χ4v) is 5.78. The van der Waals surface area contributed by atoms with E-state index in [0.29, 0.717) is 34.0 Å². The van der Waals surface area contributed by atoms with Crippen LogP contribution in [0.5, 0.6) is 5.75 Å². The van der Waals surface area contributed by atoms with Crippen LogP contribution in [0.25, 0.3) is 55.7 Å². The maximum atomic E-state index is 14.3. The zero-order valence-corrected chi connectivity index (χ0v) is 22.9. The summed E-state index contributed by atoms with van der Waals surface area (Å²) < 4.78 is 19.6. The molecule has 0 saturated heterocycles. The van der Waals surface area contributed by atoms with E-state index >= 15 is 0 Å². The number of amides is 1. The van der Waals surface area contributed by atoms with Crippen molar-refractivity contribution < 1.29 is 13.9 Å². The normalized spacial score (nSPS) is 14.0. The average Bonchev–Trinajstić information content (AvgIpc) is 3.65. The highest BCUT2D eigenvalue weighted by molar-refractivity contribution is 6.00. The number of hydrogen-bond acceptors (Lipinski definition) is 6. The monoisotopic (exact) mass is 561 g/mol. The predicted molar refractivity (Wildman–Crippen MR) is 159 cm³/mol. The zero-order chi connectivity index (χ0) is 28.6. The number of anilines is 1. The second-order valence-corrected chi connectivity index (χ2v) is 10.7. The molecule has 1 aliphatic carbocycles. The molecule has 1 aliphatic rings. The minimum Gasteiger partial charge on any atom is -0.497 e. The average molecular weight is 562 g/mol. The molecule has 10 heteroatoms. The Hall–Kier alpha value is -5.12. The number of pyridine rings is 3. The minimum atomic E-state index is -0.380. The molecule has 1 fully saturated rings. The molecular formula is C32H28FN7O2. The lowest BCUT2D eigenvalue weighted by Crippen LogP contribution is -2.24. The molecule has 0 aliphatic heterocycles. The molecule has 1 amide bonds. The van der Waals surface area contributed by atoms with Crippen LogP contribution in [0.4, 0.5) is 10.1 Å². The molecule has 5 aromatic heterocycles. The second-order valence-electron chi connectivity index (χ2n) is 10.7. The van der Waals surface area contributed by atoms with Crippen molar-refractivity contribution in [2.24, 2.45) is 5.92 Å². The minimum absolute atomic E-state index is 0.0582. The van der Waals surface area contributed by atoms with Gasteiger partial charge in [-0.3, -0.25) is 14.9 Å². The second kappa shape index (κ2) is 10.7. The molecule has 0 bridgehead atoms. The van der Waals surface area contributed by atoms with Gasteiger partial charge in [-0.05, 0) is 60.4 Å². The molecule has 0 spiro atoms. The van der Waals surface area contributed by atoms with E-state index in [-0.39, 0.29) is 17.6 Å². The van der Waals surface area contributed by atoms with Crippen molar-refractivity contribution in [1.29, 1.82) is 0 Å². The van der Waals surface area contributed by atoms with Gasteiger partial charge in [-0.2, -0.15) is 5.10 Å². The van der Waals surface area contributed by atoms with Crippen LogP contribution < -0.4 is 10.1 Å². The highest BCUT2D eigenvalue weighted by atomic mass is 19.1. The number of carbonyl (C=O) groups is 1. The number of carbonyl (C=O) groups excluding carboxylic acids is 1. The largest absolute Gasteiger partial charge is 0.497 e. The molecule has 0 atom stereocenters. The van der Waals surface area contributed by atoms with Crippen LogP contribution in [0, 0.1) is 11.7 Å². The number of nitrogens with zero attached hydrogens (tertiary/aromatic N) is 4. The van der Waals surface area contributed by atoms with Gasteiger partial charge in [-0.1, -0.05) is 19.3 Å². The molecule has 42 heavy (non-hydrogen) atoms. The molecule has 1 saturated carbocycles. The van der Waals surface area contributed by atoms with Gasteiger partial charge in [0.25, 0.3) is 0 Å². The summed E-state index contributed by atoms with van der Waals surface area (Å²) in [5.74, 6) is 0.176. The van der Waals surface area contributed by atoms with Crippen molar-refractivity contribution in [3.05, 3.63) is 73.1 Å². The number of aromatic nitrogens is 6. The summed E-state index contributed by atoms with van der Waals surface area (Å²) in [5, 5.41) is 12.2. The van der Waals surface area contributed by atoms with Gasteiger partial charge in [0.05, 0.1) is 24.7 Å². The van der Waals surface area contributed by atoms with Crippen molar-refractivity contribution in [1.82, 2.24) is 30.1 Å². The van der Waals surface area contributed by atoms with Crippen molar-refractivity contribution in [3.8, 4) is 39.4 Å². The number of methoxy groups -OCH3 is 1. The van der Waals surface area contributed by atoms with Gasteiger partial charge in [0, 0.05) is 52.5 Å². The Bertz CT molecular complexity index is 1940. The van der Waals surface area contributed by atoms with Gasteiger partial charge in [0.1, 0.15) is 22.9 Å². The van der Waals surface area contributed by atoms with E-state index in [1.54, 1.807) is 30.9 Å². The van der Waals surface area contributed by atoms with E-state index in [1.807, 2.05) is 24.3 Å². The molecule has 7 rings (SSSR count). The lowest BCUT2D eigenvalue weighted by atomic mass is 9.88. The number of benzene rings is 1. The van der Waals surface area contributed by atoms with Crippen LogP contribution in [-0.2, 0) is 4.79 Å². The quantitative estimate of drug-likeness (QED) is 0.203. The molecule has 1 aromatic carbocycles. The van der Waals surface area contributed by atoms with Crippen LogP contribution >= 0.6 is 0 Å². The van der Waals surface area contributed by atoms with E-state index < -0.39 is 0 Å². The number of rotatable bonds is 6. The number of H-pyrrole nitrogens is 2. The summed E-state index contributed by atoms with van der Waals surface area (Å²) in [6, 6.07) is 12.4. The number of halogens is 1. The first-order valence-corrected chi connectivity index (χ1v) is 14.0. The smallest absolute Gasteiger partial charge is 0.227 e. The summed E-state index contributed by atoms with van der Waals surface area (Å²) in [5.41, 5.74) is 6.54. The topological polar surface area (TPSA) is 121 Å². The maximum absolute atomic E-state index is 14.3. The first-order valence-electron chi connectivity index (χ1n) is 14.0. The Kier molecular flexibility index (Phi) is 6.58. The first kappa shape index (κ1) is 25.8. The highest BCUT2D eigenvalue weighted by Gasteiger charge is 2.21. The molecule has 0 radical (unpaired) electrons. The number of fused-ring (bicyclic) bond motifs is 2. The van der Waals surface area contributed by atoms with E-state index in [9.17, 15) is 9.18 Å². The number of hydrogen-bond donors (Lipinski definition) is 3. The fraction of sp³-hybridized carbons (Fsp3) is 0.219. The Morgan fingerprint density at radius 2 is 1.79 bits per heavy atom. The van der Waals surface area contributed by atoms with Crippen LogP contribution in [0.1, 0.15) is 32.1 Å². The predicted octanol–water partition coefficient (Wildman–Crippen LogP) is 6.90. The summed E-state index contributed by atoms with van der Waals surface area (Å²) >= 11 is 0. The molecule has 0 unspecified atom stereocenters. The highest BCUT2D eigenvalue weighted by Crippen LogP contribution is 2.35. The van der Waals surface area contributed by atoms with Crippen molar-refractivity contribution in [2.45, 2.75) is 32.1 Å². The number of nitrogens with one attached hydrogen (secondary N) is 3. The zero-order valence-electron chi connectivity index (χ0n) is 22.9. The fourth-order valence-electron chi connectivity index (χ4n) is 5.78. The molecule has 3 N–H and O–H groups in total. The van der Waals surface area contributed by atoms with Crippen molar-refractivity contribution in [3.63, 3.8) is 0 Å². The van der Waals surface area contributed by atoms with Crippen LogP contribution in [-0.4, -0.2) is 43.2 Å². The Balaban J connectivity index is 1.23. The van der Waals surface area contributed by atoms with Gasteiger partial charge in [-0.25, -0.2) is 14.4 Å². The van der Waals surface area contributed by atoms with Crippen LogP contribution in [0.15, 0.2) is 67.3 Å². The maximum Gasteiger partial charge on any atom is 0.227 e. The summed E-state index contributed by atoms with van der Waals surface area (Å²) in [7, 11) is 1.51. The van der Waals surface area contributed by atoms with Gasteiger partial charge >= 0.3 is 0 Å². The Morgan fingerprint density at radius 3 is 2.64 bits per heavy atom. The van der Waals surface area contributed by atoms with Gasteiger partial charge in [-0.15, -0.1) is 0 Å². The van der Waals surface area contributed by atoms with Gasteiger partial charge in [0.15, 0.2) is 5.65 Å². The SMILES string of the molecule is COc1cc(F)cc(-c2ccnc3[nH]c(-c4n[nH]c5ncc(-c6cncc(NC(=O)C7CCCCC7)c6)cc45)cc23)c1. The van der Waals surface area contributed by atoms with Crippen LogP contribution in [0.2, 0.25) is 0 Å². The molecule has 210 valence electrons. The Morgan fingerprint density at radius 1 is 0.929 bits per heavy atom. The van der Waals surface area contributed by atoms with E-state index in [0.717, 1.165) is 58.8 Å². The number of ether oxygens (including phenoxy) is 1. The molecule has 6 aromatic rings. The summed E-state index contributed by atoms with van der Waals surface area (Å²) in [6.45, 7) is 0. The third-order valence-corrected chi connectivity index (χ3v) is 7.94. The standard InChI is InChI=1S/C32H28FN7O2/c1-42-24-11-19(9-22(33)13-24)25-7-8-35-30-26(25)14-28(38-30)29-27-12-21(16-36-31(27)40-39-29)20-10-23(17-34-15-20)37-32(41)18-5-3-2-4-6-18/h7-18H,2-6H2,1H3,(H,35,38)(H,37,41)(H,36,39,40). The number of aromatic amines is 2. The van der Waals surface area contributed by atoms with Crippen molar-refractivity contribution in [2.75, 3.05) is 12.4 Å². The lowest BCUT2D eigenvalue weighted by molar-refractivity contribution is -0.120. The summed E-state index contributed by atoms with van der Waals surface area (Å²) in [4.78, 5) is 29.6.